The Bertz CT molecular complexity index is 674. The number of aromatic amines is 1. The summed E-state index contributed by atoms with van der Waals surface area (Å²) in [6.45, 7) is 1.70. The number of nitrogens with one attached hydrogen (secondary N) is 2. The molecular formula is C12H10N2O3S. The summed E-state index contributed by atoms with van der Waals surface area (Å²) < 4.78 is 5.46. The Hall–Kier alpha value is -2.08. The van der Waals surface area contributed by atoms with E-state index in [1.807, 2.05) is 6.07 Å². The third-order valence-electron chi connectivity index (χ3n) is 2.74. The van der Waals surface area contributed by atoms with Gasteiger partial charge in [0.1, 0.15) is 5.75 Å². The molecular weight excluding hydrogens is 252 g/mol. The van der Waals surface area contributed by atoms with Crippen molar-refractivity contribution in [3.05, 3.63) is 33.2 Å². The summed E-state index contributed by atoms with van der Waals surface area (Å²) in [5.41, 5.74) is 2.20. The smallest absolute Gasteiger partial charge is 0.304 e. The summed E-state index contributed by atoms with van der Waals surface area (Å²) in [4.78, 5) is 25.3. The van der Waals surface area contributed by atoms with Gasteiger partial charge in [-0.1, -0.05) is 11.3 Å². The molecule has 0 radical (unpaired) electrons. The quantitative estimate of drug-likeness (QED) is 0.823. The fraction of sp³-hybridized carbons (Fsp3) is 0.167. The molecule has 0 saturated heterocycles. The van der Waals surface area contributed by atoms with Crippen molar-refractivity contribution in [2.24, 2.45) is 0 Å². The van der Waals surface area contributed by atoms with Crippen molar-refractivity contribution in [3.63, 3.8) is 0 Å². The fourth-order valence-corrected chi connectivity index (χ4v) is 2.39. The molecule has 1 aromatic carbocycles. The molecule has 1 aliphatic heterocycles. The molecule has 0 bridgehead atoms. The highest BCUT2D eigenvalue weighted by atomic mass is 32.1. The lowest BCUT2D eigenvalue weighted by atomic mass is 10.1. The number of ether oxygens (including phenoxy) is 1. The molecule has 1 amide bonds. The molecule has 0 aliphatic carbocycles. The number of benzene rings is 1. The van der Waals surface area contributed by atoms with E-state index < -0.39 is 6.10 Å². The Morgan fingerprint density at radius 3 is 2.89 bits per heavy atom. The normalized spacial score (nSPS) is 17.8. The second kappa shape index (κ2) is 3.99. The third-order valence-corrected chi connectivity index (χ3v) is 3.41. The lowest BCUT2D eigenvalue weighted by Crippen LogP contribution is -2.34. The zero-order chi connectivity index (χ0) is 12.7. The Kier molecular flexibility index (Phi) is 2.45. The number of carbonyl (C=O) groups is 1. The highest BCUT2D eigenvalue weighted by Gasteiger charge is 2.23. The van der Waals surface area contributed by atoms with E-state index in [1.54, 1.807) is 24.4 Å². The Morgan fingerprint density at radius 1 is 1.33 bits per heavy atom. The molecule has 1 unspecified atom stereocenters. The molecule has 3 rings (SSSR count). The highest BCUT2D eigenvalue weighted by molar-refractivity contribution is 7.07. The van der Waals surface area contributed by atoms with Crippen molar-refractivity contribution >= 4 is 22.9 Å². The van der Waals surface area contributed by atoms with Crippen LogP contribution in [-0.4, -0.2) is 17.0 Å². The van der Waals surface area contributed by atoms with Gasteiger partial charge < -0.3 is 15.0 Å². The third kappa shape index (κ3) is 1.80. The van der Waals surface area contributed by atoms with Crippen LogP contribution >= 0.6 is 11.3 Å². The van der Waals surface area contributed by atoms with Crippen molar-refractivity contribution < 1.29 is 9.53 Å². The monoisotopic (exact) mass is 262 g/mol. The molecule has 5 nitrogen and oxygen atoms in total. The topological polar surface area (TPSA) is 71.2 Å². The molecule has 0 saturated carbocycles. The van der Waals surface area contributed by atoms with Crippen molar-refractivity contribution in [1.82, 2.24) is 4.98 Å². The predicted octanol–water partition coefficient (Wildman–Crippen LogP) is 1.82. The first-order valence-electron chi connectivity index (χ1n) is 5.43. The van der Waals surface area contributed by atoms with Gasteiger partial charge in [-0.2, -0.15) is 0 Å². The van der Waals surface area contributed by atoms with Crippen LogP contribution in [0.1, 0.15) is 6.92 Å². The van der Waals surface area contributed by atoms with Gasteiger partial charge in [-0.15, -0.1) is 0 Å². The second-order valence-corrected chi connectivity index (χ2v) is 4.86. The Morgan fingerprint density at radius 2 is 2.17 bits per heavy atom. The van der Waals surface area contributed by atoms with Gasteiger partial charge >= 0.3 is 4.87 Å². The number of carbonyl (C=O) groups excluding carboxylic acids is 1. The van der Waals surface area contributed by atoms with Gasteiger partial charge in [0, 0.05) is 10.9 Å². The van der Waals surface area contributed by atoms with Crippen LogP contribution in [0.4, 0.5) is 5.69 Å². The van der Waals surface area contributed by atoms with Crippen LogP contribution in [0.25, 0.3) is 11.3 Å². The molecule has 2 aromatic rings. The van der Waals surface area contributed by atoms with Crippen LogP contribution in [-0.2, 0) is 4.79 Å². The van der Waals surface area contributed by atoms with Gasteiger partial charge in [0.25, 0.3) is 5.91 Å². The molecule has 18 heavy (non-hydrogen) atoms. The van der Waals surface area contributed by atoms with Crippen LogP contribution < -0.4 is 14.9 Å². The first kappa shape index (κ1) is 11.0. The van der Waals surface area contributed by atoms with Crippen LogP contribution in [0.15, 0.2) is 28.4 Å². The zero-order valence-corrected chi connectivity index (χ0v) is 10.3. The summed E-state index contributed by atoms with van der Waals surface area (Å²) in [7, 11) is 0. The van der Waals surface area contributed by atoms with Crippen molar-refractivity contribution in [1.29, 1.82) is 0 Å². The molecule has 6 heteroatoms. The SMILES string of the molecule is CC1Oc2ccc(-c3csc(=O)[nH]3)cc2NC1=O. The summed E-state index contributed by atoms with van der Waals surface area (Å²) >= 11 is 1.11. The van der Waals surface area contributed by atoms with E-state index in [0.29, 0.717) is 11.4 Å². The van der Waals surface area contributed by atoms with Gasteiger partial charge in [-0.3, -0.25) is 9.59 Å². The molecule has 1 aromatic heterocycles. The van der Waals surface area contributed by atoms with E-state index in [9.17, 15) is 9.59 Å². The highest BCUT2D eigenvalue weighted by Crippen LogP contribution is 2.33. The van der Waals surface area contributed by atoms with E-state index in [2.05, 4.69) is 10.3 Å². The minimum Gasteiger partial charge on any atom is -0.479 e. The Labute approximate surface area is 106 Å². The summed E-state index contributed by atoms with van der Waals surface area (Å²) in [5.74, 6) is 0.474. The lowest BCUT2D eigenvalue weighted by Gasteiger charge is -2.23. The first-order valence-corrected chi connectivity index (χ1v) is 6.31. The molecule has 0 spiro atoms. The van der Waals surface area contributed by atoms with Crippen LogP contribution in [0.5, 0.6) is 5.75 Å². The predicted molar refractivity (Wildman–Crippen MR) is 69.1 cm³/mol. The summed E-state index contributed by atoms with van der Waals surface area (Å²) in [6, 6.07) is 5.43. The maximum absolute atomic E-state index is 11.5. The number of anilines is 1. The minimum atomic E-state index is -0.482. The number of hydrogen-bond acceptors (Lipinski definition) is 4. The average molecular weight is 262 g/mol. The standard InChI is InChI=1S/C12H10N2O3S/c1-6-11(15)13-8-4-7(2-3-10(8)17-6)9-5-18-12(16)14-9/h2-6H,1H3,(H,13,15)(H,14,16). The van der Waals surface area contributed by atoms with Crippen LogP contribution in [0.2, 0.25) is 0 Å². The number of fused-ring (bicyclic) bond motifs is 1. The number of hydrogen-bond donors (Lipinski definition) is 2. The second-order valence-electron chi connectivity index (χ2n) is 4.02. The average Bonchev–Trinajstić information content (AvgIpc) is 2.77. The van der Waals surface area contributed by atoms with Gasteiger partial charge in [0.15, 0.2) is 6.10 Å². The molecule has 1 atom stereocenters. The maximum atomic E-state index is 11.5. The first-order chi connectivity index (χ1) is 8.63. The molecule has 0 fully saturated rings. The minimum absolute atomic E-state index is 0.100. The summed E-state index contributed by atoms with van der Waals surface area (Å²) in [6.07, 6.45) is -0.482. The van der Waals surface area contributed by atoms with Crippen LogP contribution in [0, 0.1) is 0 Å². The van der Waals surface area contributed by atoms with Gasteiger partial charge in [-0.25, -0.2) is 0 Å². The van der Waals surface area contributed by atoms with Crippen molar-refractivity contribution in [3.8, 4) is 17.0 Å². The number of aromatic nitrogens is 1. The van der Waals surface area contributed by atoms with E-state index in [0.717, 1.165) is 22.6 Å². The van der Waals surface area contributed by atoms with Crippen LogP contribution in [0.3, 0.4) is 0 Å². The van der Waals surface area contributed by atoms with Crippen molar-refractivity contribution in [2.45, 2.75) is 13.0 Å². The lowest BCUT2D eigenvalue weighted by molar-refractivity contribution is -0.122. The number of H-pyrrole nitrogens is 1. The van der Waals surface area contributed by atoms with E-state index >= 15 is 0 Å². The number of thiazole rings is 1. The molecule has 1 aliphatic rings. The maximum Gasteiger partial charge on any atom is 0.304 e. The van der Waals surface area contributed by atoms with E-state index in [4.69, 9.17) is 4.74 Å². The van der Waals surface area contributed by atoms with Crippen molar-refractivity contribution in [2.75, 3.05) is 5.32 Å². The van der Waals surface area contributed by atoms with E-state index in [-0.39, 0.29) is 10.8 Å². The Balaban J connectivity index is 2.04. The van der Waals surface area contributed by atoms with Gasteiger partial charge in [-0.05, 0) is 25.1 Å². The van der Waals surface area contributed by atoms with Gasteiger partial charge in [0.05, 0.1) is 11.4 Å². The fourth-order valence-electron chi connectivity index (χ4n) is 1.80. The molecule has 2 N–H and O–H groups in total. The number of amides is 1. The largest absolute Gasteiger partial charge is 0.479 e. The summed E-state index contributed by atoms with van der Waals surface area (Å²) in [5, 5.41) is 4.52. The van der Waals surface area contributed by atoms with Gasteiger partial charge in [0.2, 0.25) is 0 Å². The van der Waals surface area contributed by atoms with E-state index in [1.165, 1.54) is 0 Å². The molecule has 2 heterocycles. The molecule has 92 valence electrons. The zero-order valence-electron chi connectivity index (χ0n) is 9.52. The number of rotatable bonds is 1.